The van der Waals surface area contributed by atoms with E-state index in [0.717, 1.165) is 62.0 Å². The van der Waals surface area contributed by atoms with Crippen LogP contribution in [0.25, 0.3) is 0 Å². The zero-order valence-corrected chi connectivity index (χ0v) is 23.4. The van der Waals surface area contributed by atoms with Crippen molar-refractivity contribution in [3.63, 3.8) is 0 Å². The van der Waals surface area contributed by atoms with Crippen LogP contribution in [0.2, 0.25) is 0 Å². The third-order valence-corrected chi connectivity index (χ3v) is 8.79. The fraction of sp³-hybridized carbons (Fsp3) is 0.424. The normalized spacial score (nSPS) is 18.0. The van der Waals surface area contributed by atoms with Crippen molar-refractivity contribution in [2.24, 2.45) is 0 Å². The molecule has 1 saturated heterocycles. The number of rotatable bonds is 6. The number of ether oxygens (including phenoxy) is 1. The summed E-state index contributed by atoms with van der Waals surface area (Å²) in [6, 6.07) is 15.4. The lowest BCUT2D eigenvalue weighted by Gasteiger charge is -2.38. The molecule has 0 spiro atoms. The van der Waals surface area contributed by atoms with Crippen LogP contribution in [0.4, 0.5) is 36.4 Å². The third-order valence-electron chi connectivity index (χ3n) is 8.79. The molecule has 5 rings (SSSR count). The summed E-state index contributed by atoms with van der Waals surface area (Å²) in [5.41, 5.74) is -1.40. The monoisotopic (exact) mass is 607 g/mol. The summed E-state index contributed by atoms with van der Waals surface area (Å²) >= 11 is 0. The summed E-state index contributed by atoms with van der Waals surface area (Å²) in [4.78, 5) is 15.1. The van der Waals surface area contributed by atoms with Crippen molar-refractivity contribution in [1.82, 2.24) is 0 Å². The summed E-state index contributed by atoms with van der Waals surface area (Å²) in [7, 11) is 0. The number of halogens is 7. The Morgan fingerprint density at radius 1 is 0.791 bits per heavy atom. The second-order valence-electron chi connectivity index (χ2n) is 11.6. The van der Waals surface area contributed by atoms with Crippen LogP contribution >= 0.6 is 0 Å². The van der Waals surface area contributed by atoms with Gasteiger partial charge in [0, 0.05) is 24.2 Å². The summed E-state index contributed by atoms with van der Waals surface area (Å²) in [5, 5.41) is 0. The Morgan fingerprint density at radius 3 is 1.88 bits per heavy atom. The molecule has 0 aromatic heterocycles. The summed E-state index contributed by atoms with van der Waals surface area (Å²) < 4.78 is 98.6. The number of hydrogen-bond donors (Lipinski definition) is 0. The van der Waals surface area contributed by atoms with Gasteiger partial charge in [-0.25, -0.2) is 9.18 Å². The van der Waals surface area contributed by atoms with Crippen LogP contribution < -0.4 is 4.90 Å². The topological polar surface area (TPSA) is 29.5 Å². The fourth-order valence-electron chi connectivity index (χ4n) is 6.34. The van der Waals surface area contributed by atoms with E-state index in [4.69, 9.17) is 4.74 Å². The third kappa shape index (κ3) is 7.16. The second-order valence-corrected chi connectivity index (χ2v) is 11.6. The zero-order valence-electron chi connectivity index (χ0n) is 23.4. The van der Waals surface area contributed by atoms with Gasteiger partial charge in [0.25, 0.3) is 0 Å². The van der Waals surface area contributed by atoms with Gasteiger partial charge in [-0.1, -0.05) is 43.5 Å². The first-order valence-corrected chi connectivity index (χ1v) is 14.4. The van der Waals surface area contributed by atoms with Crippen molar-refractivity contribution in [2.75, 3.05) is 24.6 Å². The number of benzene rings is 3. The van der Waals surface area contributed by atoms with E-state index in [1.807, 2.05) is 36.4 Å². The van der Waals surface area contributed by atoms with Gasteiger partial charge in [0.15, 0.2) is 0 Å². The number of carbonyl (C=O) groups is 1. The van der Waals surface area contributed by atoms with Crippen molar-refractivity contribution in [1.29, 1.82) is 0 Å². The summed E-state index contributed by atoms with van der Waals surface area (Å²) in [6.45, 7) is 1.52. The summed E-state index contributed by atoms with van der Waals surface area (Å²) in [5.74, 6) is -1.11. The van der Waals surface area contributed by atoms with Crippen LogP contribution in [0, 0.1) is 5.82 Å². The van der Waals surface area contributed by atoms with E-state index >= 15 is 0 Å². The molecule has 1 aliphatic carbocycles. The highest BCUT2D eigenvalue weighted by Crippen LogP contribution is 2.42. The molecule has 10 heteroatoms. The SMILES string of the molecule is O=C(OCC1(c2ccc(N3CCC(c4ccc(F)cc4)CC3)cc2)CCCCC1)c1cc(C(F)(F)F)cc(C(F)(F)F)c1. The molecule has 2 aliphatic rings. The van der Waals surface area contributed by atoms with Gasteiger partial charge in [-0.3, -0.25) is 0 Å². The minimum absolute atomic E-state index is 0.00769. The molecule has 0 unspecified atom stereocenters. The highest BCUT2D eigenvalue weighted by Gasteiger charge is 2.39. The van der Waals surface area contributed by atoms with Crippen LogP contribution in [0.5, 0.6) is 0 Å². The molecule has 3 aromatic carbocycles. The lowest BCUT2D eigenvalue weighted by Crippen LogP contribution is -2.36. The zero-order chi connectivity index (χ0) is 30.8. The number of hydrogen-bond acceptors (Lipinski definition) is 3. The minimum atomic E-state index is -5.06. The molecule has 0 radical (unpaired) electrons. The summed E-state index contributed by atoms with van der Waals surface area (Å²) in [6.07, 6.45) is -4.19. The minimum Gasteiger partial charge on any atom is -0.461 e. The Bertz CT molecular complexity index is 1370. The number of anilines is 1. The maximum Gasteiger partial charge on any atom is 0.416 e. The van der Waals surface area contributed by atoms with Crippen molar-refractivity contribution in [2.45, 2.75) is 68.6 Å². The lowest BCUT2D eigenvalue weighted by molar-refractivity contribution is -0.143. The van der Waals surface area contributed by atoms with E-state index in [9.17, 15) is 35.5 Å². The van der Waals surface area contributed by atoms with Crippen LogP contribution in [0.1, 0.15) is 83.5 Å². The largest absolute Gasteiger partial charge is 0.461 e. The average Bonchev–Trinajstić information content (AvgIpc) is 3.00. The van der Waals surface area contributed by atoms with Gasteiger partial charge in [0.2, 0.25) is 0 Å². The van der Waals surface area contributed by atoms with E-state index in [2.05, 4.69) is 4.90 Å². The first-order valence-electron chi connectivity index (χ1n) is 14.4. The Balaban J connectivity index is 1.29. The highest BCUT2D eigenvalue weighted by molar-refractivity contribution is 5.90. The maximum atomic E-state index is 13.3. The van der Waals surface area contributed by atoms with Crippen molar-refractivity contribution in [3.05, 3.63) is 100 Å². The number of alkyl halides is 6. The van der Waals surface area contributed by atoms with Gasteiger partial charge >= 0.3 is 18.3 Å². The maximum absolute atomic E-state index is 13.3. The van der Waals surface area contributed by atoms with Gasteiger partial charge in [0.1, 0.15) is 12.4 Å². The van der Waals surface area contributed by atoms with Gasteiger partial charge in [-0.15, -0.1) is 0 Å². The predicted octanol–water partition coefficient (Wildman–Crippen LogP) is 9.31. The van der Waals surface area contributed by atoms with E-state index < -0.39 is 40.4 Å². The Morgan fingerprint density at radius 2 is 1.35 bits per heavy atom. The van der Waals surface area contributed by atoms with Gasteiger partial charge < -0.3 is 9.64 Å². The smallest absolute Gasteiger partial charge is 0.416 e. The standard InChI is InChI=1S/C33H32F7NO2/c34-28-8-4-22(5-9-28)23-12-16-41(17-13-23)29-10-6-25(7-11-29)31(14-2-1-3-15-31)21-43-30(42)24-18-26(32(35,36)37)20-27(19-24)33(38,39)40/h4-11,18-20,23H,1-3,12-17,21H2. The molecular formula is C33H32F7NO2. The molecule has 0 bridgehead atoms. The van der Waals surface area contributed by atoms with Gasteiger partial charge in [-0.05, 0) is 85.2 Å². The van der Waals surface area contributed by atoms with Crippen LogP contribution in [0.3, 0.4) is 0 Å². The van der Waals surface area contributed by atoms with Gasteiger partial charge in [-0.2, -0.15) is 26.3 Å². The lowest BCUT2D eigenvalue weighted by atomic mass is 9.70. The fourth-order valence-corrected chi connectivity index (χ4v) is 6.34. The Hall–Kier alpha value is -3.56. The van der Waals surface area contributed by atoms with E-state index in [-0.39, 0.29) is 18.5 Å². The molecule has 43 heavy (non-hydrogen) atoms. The van der Waals surface area contributed by atoms with Crippen molar-refractivity contribution >= 4 is 11.7 Å². The molecule has 0 amide bonds. The average molecular weight is 608 g/mol. The highest BCUT2D eigenvalue weighted by atomic mass is 19.4. The Labute approximate surface area is 245 Å². The second kappa shape index (κ2) is 12.2. The van der Waals surface area contributed by atoms with Gasteiger partial charge in [0.05, 0.1) is 16.7 Å². The molecule has 3 aromatic rings. The molecular weight excluding hydrogens is 575 g/mol. The van der Waals surface area contributed by atoms with E-state index in [0.29, 0.717) is 30.9 Å². The molecule has 1 aliphatic heterocycles. The number of nitrogens with zero attached hydrogens (tertiary/aromatic N) is 1. The first-order chi connectivity index (χ1) is 20.3. The van der Waals surface area contributed by atoms with Crippen LogP contribution in [-0.4, -0.2) is 25.7 Å². The molecule has 0 atom stereocenters. The molecule has 2 fully saturated rings. The Kier molecular flexibility index (Phi) is 8.77. The molecule has 3 nitrogen and oxygen atoms in total. The van der Waals surface area contributed by atoms with E-state index in [1.165, 1.54) is 12.1 Å². The first kappa shape index (κ1) is 30.9. The molecule has 1 saturated carbocycles. The predicted molar refractivity (Wildman–Crippen MR) is 149 cm³/mol. The molecule has 230 valence electrons. The molecule has 0 N–H and O–H groups in total. The number of piperidine rings is 1. The van der Waals surface area contributed by atoms with Crippen molar-refractivity contribution < 1.29 is 40.3 Å². The number of carbonyl (C=O) groups excluding carboxylic acids is 1. The van der Waals surface area contributed by atoms with E-state index in [1.54, 1.807) is 0 Å². The van der Waals surface area contributed by atoms with Crippen LogP contribution in [-0.2, 0) is 22.5 Å². The quantitative estimate of drug-likeness (QED) is 0.207. The van der Waals surface area contributed by atoms with Crippen LogP contribution in [0.15, 0.2) is 66.7 Å². The molecule has 1 heterocycles. The van der Waals surface area contributed by atoms with Crippen molar-refractivity contribution in [3.8, 4) is 0 Å². The number of esters is 1.